The Morgan fingerprint density at radius 2 is 2.04 bits per heavy atom. The first-order valence-electron chi connectivity index (χ1n) is 7.62. The molecule has 2 aromatic heterocycles. The van der Waals surface area contributed by atoms with Gasteiger partial charge in [-0.15, -0.1) is 0 Å². The molecule has 2 N–H and O–H groups in total. The second kappa shape index (κ2) is 6.52. The summed E-state index contributed by atoms with van der Waals surface area (Å²) >= 11 is 0. The number of hydrogen-bond acceptors (Lipinski definition) is 3. The van der Waals surface area contributed by atoms with Crippen molar-refractivity contribution in [1.82, 2.24) is 15.3 Å². The molecular formula is C18H20N4O. The van der Waals surface area contributed by atoms with E-state index in [-0.39, 0.29) is 5.91 Å². The smallest absolute Gasteiger partial charge is 0.252 e. The second-order valence-electron chi connectivity index (χ2n) is 5.66. The van der Waals surface area contributed by atoms with Gasteiger partial charge in [0.1, 0.15) is 5.82 Å². The maximum atomic E-state index is 12.1. The number of aromatic nitrogens is 2. The molecule has 3 rings (SSSR count). The van der Waals surface area contributed by atoms with E-state index in [2.05, 4.69) is 27.4 Å². The van der Waals surface area contributed by atoms with Crippen molar-refractivity contribution in [2.75, 3.05) is 25.5 Å². The van der Waals surface area contributed by atoms with E-state index < -0.39 is 0 Å². The highest BCUT2D eigenvalue weighted by Crippen LogP contribution is 2.17. The summed E-state index contributed by atoms with van der Waals surface area (Å²) in [7, 11) is 3.84. The topological polar surface area (TPSA) is 61.0 Å². The van der Waals surface area contributed by atoms with E-state index in [1.165, 1.54) is 10.9 Å². The summed E-state index contributed by atoms with van der Waals surface area (Å²) in [5.74, 6) is 0.739. The third-order valence-corrected chi connectivity index (χ3v) is 3.82. The van der Waals surface area contributed by atoms with Crippen molar-refractivity contribution in [2.24, 2.45) is 0 Å². The number of anilines is 1. The number of hydrogen-bond donors (Lipinski definition) is 2. The van der Waals surface area contributed by atoms with E-state index >= 15 is 0 Å². The number of fused-ring (bicyclic) bond motifs is 1. The zero-order valence-electron chi connectivity index (χ0n) is 13.3. The minimum absolute atomic E-state index is 0.0948. The number of nitrogens with zero attached hydrogens (tertiary/aromatic N) is 2. The highest BCUT2D eigenvalue weighted by Gasteiger charge is 2.07. The van der Waals surface area contributed by atoms with E-state index in [9.17, 15) is 4.79 Å². The first-order valence-corrected chi connectivity index (χ1v) is 7.62. The minimum atomic E-state index is -0.0948. The van der Waals surface area contributed by atoms with Crippen molar-refractivity contribution in [1.29, 1.82) is 0 Å². The lowest BCUT2D eigenvalue weighted by atomic mass is 10.1. The van der Waals surface area contributed by atoms with Gasteiger partial charge in [0.05, 0.1) is 5.56 Å². The molecule has 0 saturated carbocycles. The fourth-order valence-electron chi connectivity index (χ4n) is 2.54. The lowest BCUT2D eigenvalue weighted by Gasteiger charge is -2.11. The van der Waals surface area contributed by atoms with Crippen molar-refractivity contribution >= 4 is 22.6 Å². The van der Waals surface area contributed by atoms with Crippen molar-refractivity contribution in [2.45, 2.75) is 6.42 Å². The number of carbonyl (C=O) groups is 1. The van der Waals surface area contributed by atoms with Crippen LogP contribution in [0.3, 0.4) is 0 Å². The van der Waals surface area contributed by atoms with Crippen LogP contribution in [-0.4, -0.2) is 36.5 Å². The Morgan fingerprint density at radius 3 is 2.78 bits per heavy atom. The molecule has 3 aromatic rings. The fraction of sp³-hybridized carbons (Fsp3) is 0.222. The molecule has 0 saturated heterocycles. The summed E-state index contributed by atoms with van der Waals surface area (Å²) < 4.78 is 0. The maximum Gasteiger partial charge on any atom is 0.252 e. The Bertz CT molecular complexity index is 805. The van der Waals surface area contributed by atoms with Gasteiger partial charge < -0.3 is 15.2 Å². The molecule has 0 aliphatic heterocycles. The quantitative estimate of drug-likeness (QED) is 0.761. The summed E-state index contributed by atoms with van der Waals surface area (Å²) in [5, 5.41) is 4.15. The summed E-state index contributed by atoms with van der Waals surface area (Å²) in [5.41, 5.74) is 2.91. The van der Waals surface area contributed by atoms with E-state index in [4.69, 9.17) is 0 Å². The SMILES string of the molecule is CN(C)c1ccc(C(=O)NCCc2c[nH]c3ccccc23)cn1. The van der Waals surface area contributed by atoms with Crippen molar-refractivity contribution in [3.63, 3.8) is 0 Å². The third kappa shape index (κ3) is 3.34. The molecule has 1 amide bonds. The Morgan fingerprint density at radius 1 is 1.22 bits per heavy atom. The van der Waals surface area contributed by atoms with Crippen LogP contribution in [-0.2, 0) is 6.42 Å². The molecule has 0 aliphatic rings. The number of benzene rings is 1. The van der Waals surface area contributed by atoms with E-state index in [0.29, 0.717) is 12.1 Å². The first kappa shape index (κ1) is 15.1. The highest BCUT2D eigenvalue weighted by molar-refractivity contribution is 5.94. The molecule has 0 bridgehead atoms. The number of amides is 1. The molecule has 2 heterocycles. The summed E-state index contributed by atoms with van der Waals surface area (Å²) in [6, 6.07) is 11.8. The van der Waals surface area contributed by atoms with Gasteiger partial charge in [0.15, 0.2) is 0 Å². The fourth-order valence-corrected chi connectivity index (χ4v) is 2.54. The molecule has 5 nitrogen and oxygen atoms in total. The second-order valence-corrected chi connectivity index (χ2v) is 5.66. The monoisotopic (exact) mass is 308 g/mol. The Balaban J connectivity index is 1.59. The van der Waals surface area contributed by atoms with E-state index in [1.54, 1.807) is 12.3 Å². The van der Waals surface area contributed by atoms with Crippen LogP contribution in [0.2, 0.25) is 0 Å². The summed E-state index contributed by atoms with van der Waals surface area (Å²) in [4.78, 5) is 21.6. The molecule has 1 aromatic carbocycles. The number of H-pyrrole nitrogens is 1. The maximum absolute atomic E-state index is 12.1. The zero-order valence-corrected chi connectivity index (χ0v) is 13.3. The van der Waals surface area contributed by atoms with Crippen molar-refractivity contribution < 1.29 is 4.79 Å². The van der Waals surface area contributed by atoms with Crippen LogP contribution < -0.4 is 10.2 Å². The summed E-state index contributed by atoms with van der Waals surface area (Å²) in [6.45, 7) is 0.593. The first-order chi connectivity index (χ1) is 11.1. The van der Waals surface area contributed by atoms with Gasteiger partial charge in [0, 0.05) is 43.9 Å². The van der Waals surface area contributed by atoms with Crippen LogP contribution in [0.4, 0.5) is 5.82 Å². The lowest BCUT2D eigenvalue weighted by Crippen LogP contribution is -2.25. The molecule has 0 spiro atoms. The normalized spacial score (nSPS) is 10.7. The van der Waals surface area contributed by atoms with Gasteiger partial charge in [-0.1, -0.05) is 18.2 Å². The molecule has 23 heavy (non-hydrogen) atoms. The van der Waals surface area contributed by atoms with Crippen molar-refractivity contribution in [3.05, 3.63) is 59.9 Å². The average molecular weight is 308 g/mol. The molecule has 118 valence electrons. The van der Waals surface area contributed by atoms with Gasteiger partial charge in [-0.05, 0) is 30.2 Å². The molecule has 0 fully saturated rings. The number of rotatable bonds is 5. The van der Waals surface area contributed by atoms with Gasteiger partial charge in [0.25, 0.3) is 5.91 Å². The minimum Gasteiger partial charge on any atom is -0.363 e. The largest absolute Gasteiger partial charge is 0.363 e. The molecule has 0 aliphatic carbocycles. The molecule has 5 heteroatoms. The van der Waals surface area contributed by atoms with Crippen LogP contribution in [0.5, 0.6) is 0 Å². The number of nitrogens with one attached hydrogen (secondary N) is 2. The predicted octanol–water partition coefficient (Wildman–Crippen LogP) is 2.60. The van der Waals surface area contributed by atoms with Crippen LogP contribution in [0.25, 0.3) is 10.9 Å². The van der Waals surface area contributed by atoms with Crippen LogP contribution >= 0.6 is 0 Å². The van der Waals surface area contributed by atoms with Gasteiger partial charge in [-0.3, -0.25) is 4.79 Å². The van der Waals surface area contributed by atoms with Gasteiger partial charge >= 0.3 is 0 Å². The van der Waals surface area contributed by atoms with Gasteiger partial charge in [0.2, 0.25) is 0 Å². The van der Waals surface area contributed by atoms with Gasteiger partial charge in [-0.25, -0.2) is 4.98 Å². The van der Waals surface area contributed by atoms with Gasteiger partial charge in [-0.2, -0.15) is 0 Å². The van der Waals surface area contributed by atoms with Crippen LogP contribution in [0.1, 0.15) is 15.9 Å². The number of para-hydroxylation sites is 1. The zero-order chi connectivity index (χ0) is 16.2. The van der Waals surface area contributed by atoms with Crippen LogP contribution in [0, 0.1) is 0 Å². The Labute approximate surface area is 135 Å². The number of pyridine rings is 1. The molecule has 0 radical (unpaired) electrons. The van der Waals surface area contributed by atoms with E-state index in [0.717, 1.165) is 17.8 Å². The van der Waals surface area contributed by atoms with E-state index in [1.807, 2.05) is 43.4 Å². The van der Waals surface area contributed by atoms with Crippen LogP contribution in [0.15, 0.2) is 48.8 Å². The summed E-state index contributed by atoms with van der Waals surface area (Å²) in [6.07, 6.45) is 4.40. The standard InChI is InChI=1S/C18H20N4O/c1-22(2)17-8-7-14(12-21-17)18(23)19-10-9-13-11-20-16-6-4-3-5-15(13)16/h3-8,11-12,20H,9-10H2,1-2H3,(H,19,23). The molecule has 0 atom stereocenters. The predicted molar refractivity (Wildman–Crippen MR) is 92.9 cm³/mol. The Kier molecular flexibility index (Phi) is 4.28. The molecule has 0 unspecified atom stereocenters. The lowest BCUT2D eigenvalue weighted by molar-refractivity contribution is 0.0954. The third-order valence-electron chi connectivity index (χ3n) is 3.82. The van der Waals surface area contributed by atoms with Crippen molar-refractivity contribution in [3.8, 4) is 0 Å². The average Bonchev–Trinajstić information content (AvgIpc) is 2.98. The highest BCUT2D eigenvalue weighted by atomic mass is 16.1. The number of carbonyl (C=O) groups excluding carboxylic acids is 1. The Hall–Kier alpha value is -2.82. The molecular weight excluding hydrogens is 288 g/mol. The number of aromatic amines is 1.